The number of methoxy groups -OCH3 is 1. The van der Waals surface area contributed by atoms with E-state index in [-0.39, 0.29) is 0 Å². The summed E-state index contributed by atoms with van der Waals surface area (Å²) in [6.45, 7) is 5.58. The Balaban J connectivity index is 2.29. The first-order valence-electron chi connectivity index (χ1n) is 5.21. The molecule has 0 saturated carbocycles. The van der Waals surface area contributed by atoms with Crippen molar-refractivity contribution >= 4 is 0 Å². The van der Waals surface area contributed by atoms with Crippen LogP contribution in [0.1, 0.15) is 18.2 Å². The molecule has 0 spiro atoms. The summed E-state index contributed by atoms with van der Waals surface area (Å²) in [5.41, 5.74) is 1.16. The van der Waals surface area contributed by atoms with Crippen molar-refractivity contribution in [2.24, 2.45) is 0 Å². The molecule has 1 rings (SSSR count). The minimum Gasteiger partial charge on any atom is -0.467 e. The van der Waals surface area contributed by atoms with Gasteiger partial charge in [0.15, 0.2) is 0 Å². The third-order valence-corrected chi connectivity index (χ3v) is 2.07. The van der Waals surface area contributed by atoms with Gasteiger partial charge in [0.25, 0.3) is 0 Å². The maximum absolute atomic E-state index is 5.39. The highest BCUT2D eigenvalue weighted by Gasteiger charge is 2.05. The van der Waals surface area contributed by atoms with E-state index in [1.165, 1.54) is 0 Å². The standard InChI is InChI=1S/C11H19NO3/c1-3-12-8-10-4-5-15-11(10)9-14-7-6-13-2/h4-5,12H,3,6-9H2,1-2H3. The molecule has 86 valence electrons. The molecule has 0 unspecified atom stereocenters. The largest absolute Gasteiger partial charge is 0.467 e. The molecule has 4 nitrogen and oxygen atoms in total. The quantitative estimate of drug-likeness (QED) is 0.665. The molecule has 0 amide bonds. The number of ether oxygens (including phenoxy) is 2. The van der Waals surface area contributed by atoms with Crippen molar-refractivity contribution in [3.8, 4) is 0 Å². The summed E-state index contributed by atoms with van der Waals surface area (Å²) in [7, 11) is 1.66. The van der Waals surface area contributed by atoms with Crippen molar-refractivity contribution in [2.45, 2.75) is 20.1 Å². The molecule has 0 fully saturated rings. The Labute approximate surface area is 90.6 Å². The predicted octanol–water partition coefficient (Wildman–Crippen LogP) is 1.55. The minimum atomic E-state index is 0.511. The Hall–Kier alpha value is -0.840. The molecule has 4 heteroatoms. The number of furan rings is 1. The number of hydrogen-bond acceptors (Lipinski definition) is 4. The zero-order valence-electron chi connectivity index (χ0n) is 9.41. The van der Waals surface area contributed by atoms with Gasteiger partial charge in [-0.3, -0.25) is 0 Å². The maximum atomic E-state index is 5.39. The van der Waals surface area contributed by atoms with Gasteiger partial charge in [-0.15, -0.1) is 0 Å². The van der Waals surface area contributed by atoms with Crippen molar-refractivity contribution in [3.05, 3.63) is 23.7 Å². The van der Waals surface area contributed by atoms with Gasteiger partial charge in [0, 0.05) is 19.2 Å². The van der Waals surface area contributed by atoms with Crippen LogP contribution in [0.4, 0.5) is 0 Å². The van der Waals surface area contributed by atoms with E-state index < -0.39 is 0 Å². The van der Waals surface area contributed by atoms with Crippen molar-refractivity contribution in [2.75, 3.05) is 26.9 Å². The summed E-state index contributed by atoms with van der Waals surface area (Å²) in [5.74, 6) is 0.895. The van der Waals surface area contributed by atoms with Crippen molar-refractivity contribution in [1.29, 1.82) is 0 Å². The fraction of sp³-hybridized carbons (Fsp3) is 0.636. The second kappa shape index (κ2) is 7.45. The van der Waals surface area contributed by atoms with Gasteiger partial charge >= 0.3 is 0 Å². The van der Waals surface area contributed by atoms with E-state index in [1.807, 2.05) is 6.07 Å². The smallest absolute Gasteiger partial charge is 0.133 e. The normalized spacial score (nSPS) is 10.8. The lowest BCUT2D eigenvalue weighted by Gasteiger charge is -2.04. The number of nitrogens with one attached hydrogen (secondary N) is 1. The van der Waals surface area contributed by atoms with Crippen LogP contribution in [0.2, 0.25) is 0 Å². The van der Waals surface area contributed by atoms with Gasteiger partial charge in [-0.05, 0) is 12.6 Å². The van der Waals surface area contributed by atoms with E-state index in [2.05, 4.69) is 12.2 Å². The average Bonchev–Trinajstić information content (AvgIpc) is 2.69. The number of rotatable bonds is 8. The summed E-state index contributed by atoms with van der Waals surface area (Å²) < 4.78 is 15.6. The molecule has 0 aromatic carbocycles. The predicted molar refractivity (Wildman–Crippen MR) is 57.6 cm³/mol. The van der Waals surface area contributed by atoms with Crippen LogP contribution in [0.25, 0.3) is 0 Å². The lowest BCUT2D eigenvalue weighted by Crippen LogP contribution is -2.12. The topological polar surface area (TPSA) is 43.6 Å². The highest BCUT2D eigenvalue weighted by atomic mass is 16.5. The summed E-state index contributed by atoms with van der Waals surface area (Å²) in [6, 6.07) is 1.97. The monoisotopic (exact) mass is 213 g/mol. The van der Waals surface area contributed by atoms with Gasteiger partial charge in [-0.2, -0.15) is 0 Å². The Kier molecular flexibility index (Phi) is 6.08. The molecule has 1 heterocycles. The molecule has 0 saturated heterocycles. The van der Waals surface area contributed by atoms with Gasteiger partial charge in [0.1, 0.15) is 12.4 Å². The van der Waals surface area contributed by atoms with E-state index in [4.69, 9.17) is 13.9 Å². The summed E-state index contributed by atoms with van der Waals surface area (Å²) in [5, 5.41) is 3.25. The lowest BCUT2D eigenvalue weighted by molar-refractivity contribution is 0.0533. The lowest BCUT2D eigenvalue weighted by atomic mass is 10.2. The Morgan fingerprint density at radius 3 is 3.00 bits per heavy atom. The molecule has 0 aliphatic rings. The highest BCUT2D eigenvalue weighted by Crippen LogP contribution is 2.11. The van der Waals surface area contributed by atoms with Crippen LogP contribution >= 0.6 is 0 Å². The Morgan fingerprint density at radius 1 is 1.40 bits per heavy atom. The van der Waals surface area contributed by atoms with Gasteiger partial charge in [0.05, 0.1) is 19.5 Å². The van der Waals surface area contributed by atoms with Gasteiger partial charge in [0.2, 0.25) is 0 Å². The van der Waals surface area contributed by atoms with E-state index in [0.717, 1.165) is 24.4 Å². The second-order valence-corrected chi connectivity index (χ2v) is 3.19. The van der Waals surface area contributed by atoms with Crippen LogP contribution in [0.3, 0.4) is 0 Å². The molecule has 1 aromatic rings. The zero-order valence-corrected chi connectivity index (χ0v) is 9.41. The first-order valence-corrected chi connectivity index (χ1v) is 5.21. The van der Waals surface area contributed by atoms with Crippen LogP contribution in [-0.4, -0.2) is 26.9 Å². The van der Waals surface area contributed by atoms with Crippen LogP contribution in [0.5, 0.6) is 0 Å². The number of hydrogen-bond donors (Lipinski definition) is 1. The van der Waals surface area contributed by atoms with Gasteiger partial charge < -0.3 is 19.2 Å². The van der Waals surface area contributed by atoms with Crippen molar-refractivity contribution < 1.29 is 13.9 Å². The fourth-order valence-corrected chi connectivity index (χ4v) is 1.22. The first kappa shape index (κ1) is 12.2. The molecule has 0 aliphatic heterocycles. The van der Waals surface area contributed by atoms with Crippen LogP contribution in [0, 0.1) is 0 Å². The third-order valence-electron chi connectivity index (χ3n) is 2.07. The molecule has 1 aromatic heterocycles. The SMILES string of the molecule is CCNCc1ccoc1COCCOC. The van der Waals surface area contributed by atoms with Crippen molar-refractivity contribution in [1.82, 2.24) is 5.32 Å². The second-order valence-electron chi connectivity index (χ2n) is 3.19. The molecule has 0 bridgehead atoms. The maximum Gasteiger partial charge on any atom is 0.133 e. The van der Waals surface area contributed by atoms with E-state index in [0.29, 0.717) is 19.8 Å². The average molecular weight is 213 g/mol. The van der Waals surface area contributed by atoms with Crippen LogP contribution in [-0.2, 0) is 22.6 Å². The van der Waals surface area contributed by atoms with E-state index in [1.54, 1.807) is 13.4 Å². The highest BCUT2D eigenvalue weighted by molar-refractivity contribution is 5.15. The van der Waals surface area contributed by atoms with Crippen LogP contribution in [0.15, 0.2) is 16.7 Å². The molecular weight excluding hydrogens is 194 g/mol. The Morgan fingerprint density at radius 2 is 2.27 bits per heavy atom. The molecule has 0 radical (unpaired) electrons. The summed E-state index contributed by atoms with van der Waals surface area (Å²) in [4.78, 5) is 0. The molecule has 1 N–H and O–H groups in total. The fourth-order valence-electron chi connectivity index (χ4n) is 1.22. The molecule has 0 aliphatic carbocycles. The van der Waals surface area contributed by atoms with Crippen molar-refractivity contribution in [3.63, 3.8) is 0 Å². The van der Waals surface area contributed by atoms with Gasteiger partial charge in [-0.25, -0.2) is 0 Å². The van der Waals surface area contributed by atoms with E-state index in [9.17, 15) is 0 Å². The molecular formula is C11H19NO3. The third kappa shape index (κ3) is 4.46. The van der Waals surface area contributed by atoms with E-state index >= 15 is 0 Å². The zero-order chi connectivity index (χ0) is 10.9. The molecule has 0 atom stereocenters. The molecule has 15 heavy (non-hydrogen) atoms. The first-order chi connectivity index (χ1) is 7.38. The minimum absolute atomic E-state index is 0.511. The summed E-state index contributed by atoms with van der Waals surface area (Å²) >= 11 is 0. The van der Waals surface area contributed by atoms with Crippen LogP contribution < -0.4 is 5.32 Å². The summed E-state index contributed by atoms with van der Waals surface area (Å²) in [6.07, 6.45) is 1.70. The van der Waals surface area contributed by atoms with Gasteiger partial charge in [-0.1, -0.05) is 6.92 Å². The Bertz CT molecular complexity index is 260.